The Morgan fingerprint density at radius 2 is 1.90 bits per heavy atom. The lowest BCUT2D eigenvalue weighted by Gasteiger charge is -2.34. The summed E-state index contributed by atoms with van der Waals surface area (Å²) in [4.78, 5) is 20.2. The number of carbonyl (C=O) groups excluding carboxylic acids is 1. The van der Waals surface area contributed by atoms with Gasteiger partial charge in [-0.05, 0) is 68.7 Å². The number of thiazole rings is 1. The number of hydrogen-bond acceptors (Lipinski definition) is 4. The van der Waals surface area contributed by atoms with E-state index in [0.717, 1.165) is 47.7 Å². The van der Waals surface area contributed by atoms with E-state index in [4.69, 9.17) is 4.98 Å². The number of piperidine rings is 1. The highest BCUT2D eigenvalue weighted by molar-refractivity contribution is 7.18. The third-order valence-corrected chi connectivity index (χ3v) is 6.69. The molecule has 2 aromatic heterocycles. The molecule has 5 nitrogen and oxygen atoms in total. The second-order valence-corrected chi connectivity index (χ2v) is 8.52. The number of hydrogen-bond donors (Lipinski definition) is 0. The van der Waals surface area contributed by atoms with Crippen molar-refractivity contribution in [3.63, 3.8) is 0 Å². The van der Waals surface area contributed by atoms with Crippen molar-refractivity contribution in [1.29, 1.82) is 0 Å². The van der Waals surface area contributed by atoms with Gasteiger partial charge >= 0.3 is 0 Å². The van der Waals surface area contributed by atoms with Gasteiger partial charge in [-0.1, -0.05) is 12.1 Å². The molecular formula is C23H22N4OS. The van der Waals surface area contributed by atoms with Crippen LogP contribution in [-0.2, 0) is 0 Å². The van der Waals surface area contributed by atoms with Gasteiger partial charge in [-0.25, -0.2) is 9.67 Å². The molecule has 0 bridgehead atoms. The van der Waals surface area contributed by atoms with E-state index in [-0.39, 0.29) is 11.9 Å². The van der Waals surface area contributed by atoms with Crippen molar-refractivity contribution in [3.8, 4) is 5.69 Å². The van der Waals surface area contributed by atoms with Crippen LogP contribution in [0.15, 0.2) is 60.8 Å². The van der Waals surface area contributed by atoms with Gasteiger partial charge in [0.2, 0.25) is 0 Å². The van der Waals surface area contributed by atoms with E-state index in [1.165, 1.54) is 4.70 Å². The van der Waals surface area contributed by atoms with Gasteiger partial charge in [-0.15, -0.1) is 11.3 Å². The molecule has 0 saturated carbocycles. The Morgan fingerprint density at radius 3 is 2.66 bits per heavy atom. The summed E-state index contributed by atoms with van der Waals surface area (Å²) >= 11 is 1.71. The first-order valence-corrected chi connectivity index (χ1v) is 10.8. The number of carbonyl (C=O) groups is 1. The molecule has 1 aliphatic rings. The lowest BCUT2D eigenvalue weighted by molar-refractivity contribution is 0.0611. The summed E-state index contributed by atoms with van der Waals surface area (Å²) in [7, 11) is 0. The first-order chi connectivity index (χ1) is 14.2. The lowest BCUT2D eigenvalue weighted by Crippen LogP contribution is -2.38. The van der Waals surface area contributed by atoms with E-state index in [1.54, 1.807) is 17.5 Å². The van der Waals surface area contributed by atoms with Crippen molar-refractivity contribution in [1.82, 2.24) is 19.7 Å². The van der Waals surface area contributed by atoms with Gasteiger partial charge in [0, 0.05) is 24.0 Å². The number of nitrogens with zero attached hydrogens (tertiary/aromatic N) is 4. The molecule has 6 heteroatoms. The van der Waals surface area contributed by atoms with Crippen LogP contribution in [0.25, 0.3) is 15.9 Å². The van der Waals surface area contributed by atoms with E-state index in [1.807, 2.05) is 65.0 Å². The normalized spacial score (nSPS) is 17.0. The predicted octanol–water partition coefficient (Wildman–Crippen LogP) is 5.16. The summed E-state index contributed by atoms with van der Waals surface area (Å²) in [5, 5.41) is 5.38. The second kappa shape index (κ2) is 7.44. The SMILES string of the molecule is Cc1ccnn1-c1ccc(C(=O)N2CCCC[C@H]2c2nc3ccccc3s2)cc1. The largest absolute Gasteiger partial charge is 0.329 e. The van der Waals surface area contributed by atoms with Crippen LogP contribution in [-0.4, -0.2) is 32.1 Å². The zero-order valence-corrected chi connectivity index (χ0v) is 17.1. The number of benzene rings is 2. The molecule has 1 amide bonds. The zero-order valence-electron chi connectivity index (χ0n) is 16.3. The third kappa shape index (κ3) is 3.34. The van der Waals surface area contributed by atoms with Crippen LogP contribution in [0.1, 0.15) is 46.4 Å². The van der Waals surface area contributed by atoms with E-state index >= 15 is 0 Å². The van der Waals surface area contributed by atoms with Crippen molar-refractivity contribution >= 4 is 27.5 Å². The molecule has 2 aromatic carbocycles. The number of amides is 1. The third-order valence-electron chi connectivity index (χ3n) is 5.55. The highest BCUT2D eigenvalue weighted by Gasteiger charge is 2.31. The Balaban J connectivity index is 1.43. The van der Waals surface area contributed by atoms with Gasteiger partial charge in [0.15, 0.2) is 0 Å². The van der Waals surface area contributed by atoms with Crippen LogP contribution in [0.2, 0.25) is 0 Å². The van der Waals surface area contributed by atoms with Crippen LogP contribution in [0.5, 0.6) is 0 Å². The van der Waals surface area contributed by atoms with Crippen molar-refractivity contribution in [2.75, 3.05) is 6.54 Å². The first-order valence-electron chi connectivity index (χ1n) is 9.98. The standard InChI is InChI=1S/C23H22N4OS/c1-16-13-14-24-27(16)18-11-9-17(10-12-18)23(28)26-15-5-4-7-20(26)22-25-19-6-2-3-8-21(19)29-22/h2-3,6,8-14,20H,4-5,7,15H2,1H3/t20-/m0/s1. The average molecular weight is 403 g/mol. The molecular weight excluding hydrogens is 380 g/mol. The average Bonchev–Trinajstić information content (AvgIpc) is 3.39. The van der Waals surface area contributed by atoms with Crippen LogP contribution < -0.4 is 0 Å². The molecule has 0 radical (unpaired) electrons. The number of para-hydroxylation sites is 1. The molecule has 29 heavy (non-hydrogen) atoms. The highest BCUT2D eigenvalue weighted by atomic mass is 32.1. The van der Waals surface area contributed by atoms with Crippen LogP contribution in [0.3, 0.4) is 0 Å². The van der Waals surface area contributed by atoms with Gasteiger partial charge in [0.1, 0.15) is 5.01 Å². The molecule has 3 heterocycles. The number of fused-ring (bicyclic) bond motifs is 1. The Hall–Kier alpha value is -2.99. The summed E-state index contributed by atoms with van der Waals surface area (Å²) in [5.74, 6) is 0.0812. The van der Waals surface area contributed by atoms with Crippen LogP contribution in [0.4, 0.5) is 0 Å². The van der Waals surface area contributed by atoms with Gasteiger partial charge in [0.05, 0.1) is 21.9 Å². The second-order valence-electron chi connectivity index (χ2n) is 7.46. The molecule has 0 aliphatic carbocycles. The molecule has 146 valence electrons. The molecule has 4 aromatic rings. The Labute approximate surface area is 173 Å². The fourth-order valence-corrected chi connectivity index (χ4v) is 5.13. The van der Waals surface area contributed by atoms with Crippen molar-refractivity contribution in [2.45, 2.75) is 32.2 Å². The summed E-state index contributed by atoms with van der Waals surface area (Å²) in [5.41, 5.74) is 3.76. The number of aryl methyl sites for hydroxylation is 1. The van der Waals surface area contributed by atoms with Gasteiger partial charge in [0.25, 0.3) is 5.91 Å². The van der Waals surface area contributed by atoms with Gasteiger partial charge in [-0.3, -0.25) is 4.79 Å². The summed E-state index contributed by atoms with van der Waals surface area (Å²) < 4.78 is 3.05. The summed E-state index contributed by atoms with van der Waals surface area (Å²) in [6, 6.07) is 18.0. The fraction of sp³-hybridized carbons (Fsp3) is 0.261. The van der Waals surface area contributed by atoms with Crippen molar-refractivity contribution < 1.29 is 4.79 Å². The van der Waals surface area contributed by atoms with Crippen molar-refractivity contribution in [2.24, 2.45) is 0 Å². The van der Waals surface area contributed by atoms with Crippen LogP contribution in [0, 0.1) is 6.92 Å². The molecule has 1 saturated heterocycles. The Bertz CT molecular complexity index is 1130. The monoisotopic (exact) mass is 402 g/mol. The number of rotatable bonds is 3. The van der Waals surface area contributed by atoms with E-state index in [0.29, 0.717) is 5.56 Å². The topological polar surface area (TPSA) is 51.0 Å². The molecule has 0 spiro atoms. The van der Waals surface area contributed by atoms with E-state index in [9.17, 15) is 4.79 Å². The minimum Gasteiger partial charge on any atom is -0.329 e. The van der Waals surface area contributed by atoms with E-state index in [2.05, 4.69) is 11.2 Å². The number of aromatic nitrogens is 3. The molecule has 0 N–H and O–H groups in total. The van der Waals surface area contributed by atoms with Crippen LogP contribution >= 0.6 is 11.3 Å². The molecule has 1 aliphatic heterocycles. The Kier molecular flexibility index (Phi) is 4.64. The minimum atomic E-state index is 0.0571. The minimum absolute atomic E-state index is 0.0571. The maximum atomic E-state index is 13.3. The smallest absolute Gasteiger partial charge is 0.254 e. The predicted molar refractivity (Wildman–Crippen MR) is 116 cm³/mol. The maximum Gasteiger partial charge on any atom is 0.254 e. The van der Waals surface area contributed by atoms with Crippen molar-refractivity contribution in [3.05, 3.63) is 77.1 Å². The molecule has 1 atom stereocenters. The molecule has 5 rings (SSSR count). The zero-order chi connectivity index (χ0) is 19.8. The molecule has 0 unspecified atom stereocenters. The quantitative estimate of drug-likeness (QED) is 0.476. The Morgan fingerprint density at radius 1 is 1.07 bits per heavy atom. The maximum absolute atomic E-state index is 13.3. The first kappa shape index (κ1) is 18.1. The van der Waals surface area contributed by atoms with Gasteiger partial charge in [-0.2, -0.15) is 5.10 Å². The van der Waals surface area contributed by atoms with E-state index < -0.39 is 0 Å². The fourth-order valence-electron chi connectivity index (χ4n) is 4.01. The summed E-state index contributed by atoms with van der Waals surface area (Å²) in [6.45, 7) is 2.79. The molecule has 1 fully saturated rings. The highest BCUT2D eigenvalue weighted by Crippen LogP contribution is 2.36. The van der Waals surface area contributed by atoms with Gasteiger partial charge < -0.3 is 4.90 Å². The summed E-state index contributed by atoms with van der Waals surface area (Å²) in [6.07, 6.45) is 4.92. The lowest BCUT2D eigenvalue weighted by atomic mass is 10.0. The number of likely N-dealkylation sites (tertiary alicyclic amines) is 1.